The Kier molecular flexibility index (Phi) is 3.38. The molecule has 5 heteroatoms. The quantitative estimate of drug-likeness (QED) is 0.729. The maximum Gasteiger partial charge on any atom is 0.220 e. The van der Waals surface area contributed by atoms with E-state index in [1.807, 2.05) is 0 Å². The molecule has 0 aliphatic carbocycles. The van der Waals surface area contributed by atoms with Crippen molar-refractivity contribution in [3.8, 4) is 5.75 Å². The summed E-state index contributed by atoms with van der Waals surface area (Å²) in [5.74, 6) is -0.331. The van der Waals surface area contributed by atoms with Gasteiger partial charge in [-0.3, -0.25) is 4.79 Å². The topological polar surface area (TPSA) is 61.4 Å². The molecular weight excluding hydrogens is 259 g/mol. The largest absolute Gasteiger partial charge is 0.508 e. The van der Waals surface area contributed by atoms with E-state index in [0.717, 1.165) is 37.6 Å². The van der Waals surface area contributed by atoms with E-state index in [2.05, 4.69) is 10.6 Å². The van der Waals surface area contributed by atoms with Crippen molar-refractivity contribution in [2.24, 2.45) is 5.41 Å². The lowest BCUT2D eigenvalue weighted by atomic mass is 9.62. The van der Waals surface area contributed by atoms with Gasteiger partial charge < -0.3 is 15.7 Å². The van der Waals surface area contributed by atoms with Crippen LogP contribution in [0.1, 0.15) is 30.7 Å². The Morgan fingerprint density at radius 1 is 1.30 bits per heavy atom. The smallest absolute Gasteiger partial charge is 0.220 e. The summed E-state index contributed by atoms with van der Waals surface area (Å²) in [7, 11) is 0. The van der Waals surface area contributed by atoms with Gasteiger partial charge in [-0.05, 0) is 43.0 Å². The van der Waals surface area contributed by atoms with Gasteiger partial charge in [0.25, 0.3) is 0 Å². The van der Waals surface area contributed by atoms with Crippen LogP contribution in [0, 0.1) is 11.2 Å². The summed E-state index contributed by atoms with van der Waals surface area (Å²) < 4.78 is 13.2. The average molecular weight is 278 g/mol. The van der Waals surface area contributed by atoms with Crippen molar-refractivity contribution in [2.75, 3.05) is 19.6 Å². The van der Waals surface area contributed by atoms with Crippen LogP contribution in [0.5, 0.6) is 5.75 Å². The first-order chi connectivity index (χ1) is 9.61. The van der Waals surface area contributed by atoms with Gasteiger partial charge in [0.2, 0.25) is 5.91 Å². The summed E-state index contributed by atoms with van der Waals surface area (Å²) in [6.07, 6.45) is 2.29. The molecular formula is C15H19FN2O2. The van der Waals surface area contributed by atoms with Gasteiger partial charge in [0.05, 0.1) is 0 Å². The molecule has 4 nitrogen and oxygen atoms in total. The van der Waals surface area contributed by atoms with Crippen molar-refractivity contribution in [3.05, 3.63) is 29.6 Å². The molecule has 3 N–H and O–H groups in total. The fraction of sp³-hybridized carbons (Fsp3) is 0.533. The standard InChI is InChI=1S/C15H19FN2O2/c16-10-1-2-11(13(19)7-10)12-9-18-14(20)8-15(12)3-5-17-6-4-15/h1-2,7,12,17,19H,3-6,8-9H2,(H,18,20). The lowest BCUT2D eigenvalue weighted by molar-refractivity contribution is -0.127. The van der Waals surface area contributed by atoms with E-state index >= 15 is 0 Å². The Morgan fingerprint density at radius 3 is 2.75 bits per heavy atom. The number of amides is 1. The van der Waals surface area contributed by atoms with Gasteiger partial charge in [0, 0.05) is 24.9 Å². The highest BCUT2D eigenvalue weighted by Gasteiger charge is 2.45. The number of halogens is 1. The number of carbonyl (C=O) groups excluding carboxylic acids is 1. The lowest BCUT2D eigenvalue weighted by Gasteiger charge is -2.46. The van der Waals surface area contributed by atoms with E-state index in [1.54, 1.807) is 6.07 Å². The van der Waals surface area contributed by atoms with E-state index in [1.165, 1.54) is 6.07 Å². The highest BCUT2D eigenvalue weighted by atomic mass is 19.1. The highest BCUT2D eigenvalue weighted by molar-refractivity contribution is 5.78. The van der Waals surface area contributed by atoms with Crippen LogP contribution in [0.4, 0.5) is 4.39 Å². The van der Waals surface area contributed by atoms with Crippen molar-refractivity contribution >= 4 is 5.91 Å². The molecule has 3 rings (SSSR count). The maximum absolute atomic E-state index is 13.2. The Balaban J connectivity index is 1.98. The van der Waals surface area contributed by atoms with Gasteiger partial charge >= 0.3 is 0 Å². The average Bonchev–Trinajstić information content (AvgIpc) is 2.41. The third-order valence-electron chi connectivity index (χ3n) is 4.72. The summed E-state index contributed by atoms with van der Waals surface area (Å²) in [6, 6.07) is 4.18. The first-order valence-corrected chi connectivity index (χ1v) is 7.07. The minimum Gasteiger partial charge on any atom is -0.508 e. The van der Waals surface area contributed by atoms with E-state index < -0.39 is 5.82 Å². The maximum atomic E-state index is 13.2. The molecule has 2 fully saturated rings. The number of piperidine rings is 2. The number of hydrogen-bond acceptors (Lipinski definition) is 3. The van der Waals surface area contributed by atoms with Gasteiger partial charge in [-0.1, -0.05) is 6.07 Å². The molecule has 0 bridgehead atoms. The number of hydrogen-bond donors (Lipinski definition) is 3. The molecule has 2 aliphatic rings. The van der Waals surface area contributed by atoms with E-state index in [0.29, 0.717) is 13.0 Å². The zero-order valence-electron chi connectivity index (χ0n) is 11.3. The molecule has 1 aromatic rings. The van der Waals surface area contributed by atoms with Crippen LogP contribution in [-0.4, -0.2) is 30.6 Å². The van der Waals surface area contributed by atoms with Gasteiger partial charge in [-0.2, -0.15) is 0 Å². The molecule has 0 aromatic heterocycles. The zero-order valence-corrected chi connectivity index (χ0v) is 11.3. The Morgan fingerprint density at radius 2 is 2.05 bits per heavy atom. The molecule has 1 spiro atoms. The first-order valence-electron chi connectivity index (χ1n) is 7.07. The number of phenols is 1. The Labute approximate surface area is 117 Å². The van der Waals surface area contributed by atoms with E-state index in [4.69, 9.17) is 0 Å². The molecule has 0 saturated carbocycles. The zero-order chi connectivity index (χ0) is 14.2. The fourth-order valence-corrected chi connectivity index (χ4v) is 3.64. The van der Waals surface area contributed by atoms with Gasteiger partial charge in [-0.25, -0.2) is 4.39 Å². The van der Waals surface area contributed by atoms with Crippen molar-refractivity contribution in [2.45, 2.75) is 25.2 Å². The number of carbonyl (C=O) groups is 1. The van der Waals surface area contributed by atoms with Crippen molar-refractivity contribution < 1.29 is 14.3 Å². The molecule has 1 atom stereocenters. The summed E-state index contributed by atoms with van der Waals surface area (Å²) in [5.41, 5.74) is 0.622. The van der Waals surface area contributed by atoms with Crippen LogP contribution < -0.4 is 10.6 Å². The Hall–Kier alpha value is -1.62. The number of rotatable bonds is 1. The normalized spacial score (nSPS) is 25.4. The van der Waals surface area contributed by atoms with E-state index in [9.17, 15) is 14.3 Å². The first kappa shape index (κ1) is 13.4. The van der Waals surface area contributed by atoms with Crippen LogP contribution in [0.2, 0.25) is 0 Å². The minimum absolute atomic E-state index is 0.0101. The van der Waals surface area contributed by atoms with Crippen molar-refractivity contribution in [3.63, 3.8) is 0 Å². The third-order valence-corrected chi connectivity index (χ3v) is 4.72. The molecule has 1 amide bonds. The molecule has 1 unspecified atom stereocenters. The summed E-state index contributed by atoms with van der Waals surface area (Å²) in [6.45, 7) is 2.27. The van der Waals surface area contributed by atoms with Crippen LogP contribution in [0.25, 0.3) is 0 Å². The van der Waals surface area contributed by atoms with Crippen molar-refractivity contribution in [1.29, 1.82) is 0 Å². The molecule has 0 radical (unpaired) electrons. The highest BCUT2D eigenvalue weighted by Crippen LogP contribution is 2.49. The molecule has 108 valence electrons. The molecule has 2 aliphatic heterocycles. The third kappa shape index (κ3) is 2.26. The molecule has 2 saturated heterocycles. The SMILES string of the molecule is O=C1CC2(CCNCC2)C(c2ccc(F)cc2O)CN1. The minimum atomic E-state index is -0.439. The Bertz CT molecular complexity index is 527. The van der Waals surface area contributed by atoms with Gasteiger partial charge in [-0.15, -0.1) is 0 Å². The van der Waals surface area contributed by atoms with Crippen LogP contribution in [0.3, 0.4) is 0 Å². The van der Waals surface area contributed by atoms with Gasteiger partial charge in [0.15, 0.2) is 0 Å². The molecule has 20 heavy (non-hydrogen) atoms. The second-order valence-corrected chi connectivity index (χ2v) is 5.85. The second kappa shape index (κ2) is 5.05. The van der Waals surface area contributed by atoms with E-state index in [-0.39, 0.29) is 23.0 Å². The molecule has 1 aromatic carbocycles. The van der Waals surface area contributed by atoms with Gasteiger partial charge in [0.1, 0.15) is 11.6 Å². The predicted molar refractivity (Wildman–Crippen MR) is 73.0 cm³/mol. The summed E-state index contributed by atoms with van der Waals surface area (Å²) in [4.78, 5) is 11.8. The lowest BCUT2D eigenvalue weighted by Crippen LogP contribution is -2.51. The fourth-order valence-electron chi connectivity index (χ4n) is 3.64. The number of benzene rings is 1. The number of phenolic OH excluding ortho intramolecular Hbond substituents is 1. The van der Waals surface area contributed by atoms with Crippen molar-refractivity contribution in [1.82, 2.24) is 10.6 Å². The molecule has 2 heterocycles. The number of aromatic hydroxyl groups is 1. The number of nitrogens with one attached hydrogen (secondary N) is 2. The predicted octanol–water partition coefficient (Wildman–Crippen LogP) is 1.50. The summed E-state index contributed by atoms with van der Waals surface area (Å²) in [5, 5.41) is 16.2. The summed E-state index contributed by atoms with van der Waals surface area (Å²) >= 11 is 0. The second-order valence-electron chi connectivity index (χ2n) is 5.85. The van der Waals surface area contributed by atoms with Crippen LogP contribution in [-0.2, 0) is 4.79 Å². The monoisotopic (exact) mass is 278 g/mol. The van der Waals surface area contributed by atoms with Crippen LogP contribution >= 0.6 is 0 Å². The van der Waals surface area contributed by atoms with Crippen LogP contribution in [0.15, 0.2) is 18.2 Å².